The number of halogens is 2. The maximum atomic E-state index is 13.0. The van der Waals surface area contributed by atoms with Gasteiger partial charge in [-0.15, -0.1) is 0 Å². The summed E-state index contributed by atoms with van der Waals surface area (Å²) in [5, 5.41) is 4.73. The molecular weight excluding hydrogens is 515 g/mol. The normalized spacial score (nSPS) is 15.6. The van der Waals surface area contributed by atoms with Crippen molar-refractivity contribution in [3.05, 3.63) is 74.9 Å². The molecule has 1 fully saturated rings. The number of urea groups is 1. The number of nitrogens with two attached hydrogens (primary N) is 1. The molecule has 1 heterocycles. The van der Waals surface area contributed by atoms with Crippen LogP contribution in [0.4, 0.5) is 14.0 Å². The van der Waals surface area contributed by atoms with Crippen LogP contribution in [-0.4, -0.2) is 41.1 Å². The Labute approximate surface area is 201 Å². The van der Waals surface area contributed by atoms with Gasteiger partial charge in [-0.3, -0.25) is 19.3 Å². The van der Waals surface area contributed by atoms with E-state index in [0.717, 1.165) is 21.1 Å². The van der Waals surface area contributed by atoms with Crippen molar-refractivity contribution in [3.63, 3.8) is 0 Å². The average Bonchev–Trinajstić information content (AvgIpc) is 3.02. The maximum absolute atomic E-state index is 13.0. The number of carbonyl (C=O) groups is 4. The third-order valence-electron chi connectivity index (χ3n) is 4.66. The van der Waals surface area contributed by atoms with E-state index in [1.54, 1.807) is 18.2 Å². The first-order valence-corrected chi connectivity index (χ1v) is 11.4. The highest BCUT2D eigenvalue weighted by Gasteiger charge is 2.34. The number of rotatable bonds is 8. The predicted octanol–water partition coefficient (Wildman–Crippen LogP) is 3.54. The lowest BCUT2D eigenvalue weighted by Crippen LogP contribution is -2.40. The maximum Gasteiger partial charge on any atom is 0.312 e. The number of hydrogen-bond acceptors (Lipinski definition) is 5. The third-order valence-corrected chi connectivity index (χ3v) is 6.06. The number of thioether (sulfide) groups is 1. The summed E-state index contributed by atoms with van der Waals surface area (Å²) >= 11 is 4.13. The Hall–Kier alpha value is -3.18. The Balaban J connectivity index is 1.55. The van der Waals surface area contributed by atoms with Gasteiger partial charge in [0.15, 0.2) is 0 Å². The number of nitrogens with one attached hydrogen (secondary N) is 2. The van der Waals surface area contributed by atoms with E-state index in [4.69, 9.17) is 5.73 Å². The molecule has 0 aromatic heterocycles. The van der Waals surface area contributed by atoms with Gasteiger partial charge in [-0.1, -0.05) is 40.2 Å². The standard InChI is InChI=1S/C22H20BrFN4O4S/c23-15-3-1-2-14(11-15)17(27-21(25)31)12-19(29)26-8-9-28-20(30)18(33-22(28)32)10-13-4-6-16(24)7-5-13/h1-7,10-11,17H,8-9,12H2,(H,26,29)(H3,25,27,31)/b18-10-. The fourth-order valence-corrected chi connectivity index (χ4v) is 4.40. The number of hydrogen-bond donors (Lipinski definition) is 3. The summed E-state index contributed by atoms with van der Waals surface area (Å²) in [6, 6.07) is 11.2. The number of imide groups is 1. The molecule has 172 valence electrons. The molecule has 4 N–H and O–H groups in total. The zero-order chi connectivity index (χ0) is 24.0. The predicted molar refractivity (Wildman–Crippen MR) is 126 cm³/mol. The van der Waals surface area contributed by atoms with Gasteiger partial charge in [0, 0.05) is 17.6 Å². The van der Waals surface area contributed by atoms with Gasteiger partial charge in [0.1, 0.15) is 5.82 Å². The monoisotopic (exact) mass is 534 g/mol. The first kappa shape index (κ1) is 24.5. The van der Waals surface area contributed by atoms with Crippen molar-refractivity contribution < 1.29 is 23.6 Å². The highest BCUT2D eigenvalue weighted by molar-refractivity contribution is 9.10. The highest BCUT2D eigenvalue weighted by atomic mass is 79.9. The van der Waals surface area contributed by atoms with Gasteiger partial charge in [0.25, 0.3) is 11.1 Å². The Bertz CT molecular complexity index is 1110. The minimum Gasteiger partial charge on any atom is -0.354 e. The van der Waals surface area contributed by atoms with E-state index < -0.39 is 29.0 Å². The van der Waals surface area contributed by atoms with E-state index in [-0.39, 0.29) is 30.3 Å². The summed E-state index contributed by atoms with van der Waals surface area (Å²) in [4.78, 5) is 49.8. The molecule has 1 saturated heterocycles. The van der Waals surface area contributed by atoms with Crippen LogP contribution >= 0.6 is 27.7 Å². The Kier molecular flexibility index (Phi) is 8.23. The largest absolute Gasteiger partial charge is 0.354 e. The van der Waals surface area contributed by atoms with E-state index in [0.29, 0.717) is 11.1 Å². The van der Waals surface area contributed by atoms with Crippen molar-refractivity contribution in [2.24, 2.45) is 5.73 Å². The summed E-state index contributed by atoms with van der Waals surface area (Å²) in [7, 11) is 0. The lowest BCUT2D eigenvalue weighted by atomic mass is 10.0. The van der Waals surface area contributed by atoms with Crippen molar-refractivity contribution in [2.75, 3.05) is 13.1 Å². The van der Waals surface area contributed by atoms with E-state index >= 15 is 0 Å². The van der Waals surface area contributed by atoms with E-state index in [2.05, 4.69) is 26.6 Å². The fraction of sp³-hybridized carbons (Fsp3) is 0.182. The van der Waals surface area contributed by atoms with Gasteiger partial charge in [-0.05, 0) is 53.2 Å². The molecule has 11 heteroatoms. The molecule has 0 radical (unpaired) electrons. The lowest BCUT2D eigenvalue weighted by Gasteiger charge is -2.19. The summed E-state index contributed by atoms with van der Waals surface area (Å²) in [6.07, 6.45) is 1.44. The van der Waals surface area contributed by atoms with E-state index in [9.17, 15) is 23.6 Å². The molecule has 0 spiro atoms. The fourth-order valence-electron chi connectivity index (χ4n) is 3.12. The van der Waals surface area contributed by atoms with Crippen LogP contribution in [0.5, 0.6) is 0 Å². The smallest absolute Gasteiger partial charge is 0.312 e. The minimum absolute atomic E-state index is 0.0119. The Morgan fingerprint density at radius 3 is 2.58 bits per heavy atom. The molecule has 1 aliphatic heterocycles. The van der Waals surface area contributed by atoms with Crippen molar-refractivity contribution in [2.45, 2.75) is 12.5 Å². The number of benzene rings is 2. The molecule has 0 bridgehead atoms. The first-order valence-electron chi connectivity index (χ1n) is 9.82. The number of amides is 5. The lowest BCUT2D eigenvalue weighted by molar-refractivity contribution is -0.124. The molecule has 3 rings (SSSR count). The molecule has 1 atom stereocenters. The van der Waals surface area contributed by atoms with Crippen LogP contribution in [0.15, 0.2) is 57.9 Å². The van der Waals surface area contributed by atoms with Gasteiger partial charge in [-0.25, -0.2) is 9.18 Å². The zero-order valence-corrected chi connectivity index (χ0v) is 19.6. The van der Waals surface area contributed by atoms with Crippen LogP contribution in [0.3, 0.4) is 0 Å². The summed E-state index contributed by atoms with van der Waals surface area (Å²) in [5.41, 5.74) is 6.52. The van der Waals surface area contributed by atoms with Crippen LogP contribution in [0.25, 0.3) is 6.08 Å². The first-order chi connectivity index (χ1) is 15.7. The molecule has 1 aliphatic rings. The molecule has 8 nitrogen and oxygen atoms in total. The van der Waals surface area contributed by atoms with Crippen LogP contribution in [-0.2, 0) is 9.59 Å². The van der Waals surface area contributed by atoms with E-state index in [1.165, 1.54) is 30.3 Å². The molecule has 5 amide bonds. The second-order valence-electron chi connectivity index (χ2n) is 7.06. The van der Waals surface area contributed by atoms with Gasteiger partial charge in [0.2, 0.25) is 5.91 Å². The molecule has 2 aromatic carbocycles. The molecule has 1 unspecified atom stereocenters. The number of nitrogens with zero attached hydrogens (tertiary/aromatic N) is 1. The zero-order valence-electron chi connectivity index (χ0n) is 17.2. The van der Waals surface area contributed by atoms with Crippen molar-refractivity contribution in [3.8, 4) is 0 Å². The van der Waals surface area contributed by atoms with Crippen LogP contribution in [0, 0.1) is 5.82 Å². The third kappa shape index (κ3) is 6.90. The Morgan fingerprint density at radius 2 is 1.91 bits per heavy atom. The summed E-state index contributed by atoms with van der Waals surface area (Å²) in [5.74, 6) is -1.27. The molecule has 0 saturated carbocycles. The van der Waals surface area contributed by atoms with Gasteiger partial charge >= 0.3 is 6.03 Å². The van der Waals surface area contributed by atoms with Crippen LogP contribution < -0.4 is 16.4 Å². The topological polar surface area (TPSA) is 122 Å². The highest BCUT2D eigenvalue weighted by Crippen LogP contribution is 2.32. The van der Waals surface area contributed by atoms with Crippen molar-refractivity contribution in [1.82, 2.24) is 15.5 Å². The summed E-state index contributed by atoms with van der Waals surface area (Å²) < 4.78 is 13.8. The molecule has 0 aliphatic carbocycles. The molecule has 33 heavy (non-hydrogen) atoms. The minimum atomic E-state index is -0.765. The number of primary amides is 1. The molecular formula is C22H20BrFN4O4S. The summed E-state index contributed by atoms with van der Waals surface area (Å²) in [6.45, 7) is 0.0322. The van der Waals surface area contributed by atoms with E-state index in [1.807, 2.05) is 6.07 Å². The average molecular weight is 535 g/mol. The van der Waals surface area contributed by atoms with Gasteiger partial charge in [-0.2, -0.15) is 0 Å². The van der Waals surface area contributed by atoms with Gasteiger partial charge in [0.05, 0.1) is 17.4 Å². The molecule has 2 aromatic rings. The quantitative estimate of drug-likeness (QED) is 0.447. The second kappa shape index (κ2) is 11.1. The van der Waals surface area contributed by atoms with Crippen LogP contribution in [0.2, 0.25) is 0 Å². The van der Waals surface area contributed by atoms with Gasteiger partial charge < -0.3 is 16.4 Å². The van der Waals surface area contributed by atoms with Crippen LogP contribution in [0.1, 0.15) is 23.6 Å². The van der Waals surface area contributed by atoms with Crippen molar-refractivity contribution in [1.29, 1.82) is 0 Å². The number of carbonyl (C=O) groups excluding carboxylic acids is 4. The second-order valence-corrected chi connectivity index (χ2v) is 8.96. The van der Waals surface area contributed by atoms with Crippen molar-refractivity contribution >= 4 is 56.9 Å². The SMILES string of the molecule is NC(=O)NC(CC(=O)NCCN1C(=O)S/C(=C\c2ccc(F)cc2)C1=O)c1cccc(Br)c1. The Morgan fingerprint density at radius 1 is 1.18 bits per heavy atom.